The lowest BCUT2D eigenvalue weighted by atomic mass is 10.1. The van der Waals surface area contributed by atoms with Crippen molar-refractivity contribution in [2.75, 3.05) is 14.1 Å². The predicted molar refractivity (Wildman–Crippen MR) is 46.9 cm³/mol. The maximum absolute atomic E-state index is 2.36. The molecule has 0 aromatic carbocycles. The van der Waals surface area contributed by atoms with Crippen molar-refractivity contribution in [3.8, 4) is 0 Å². The Hall–Kier alpha value is 0.177. The molecule has 2 heteroatoms. The van der Waals surface area contributed by atoms with E-state index in [1.54, 1.807) is 0 Å². The molecular formula is C7H19NSi. The van der Waals surface area contributed by atoms with Gasteiger partial charge in [0, 0.05) is 15.4 Å². The lowest BCUT2D eigenvalue weighted by molar-refractivity contribution is 0.232. The van der Waals surface area contributed by atoms with Crippen LogP contribution in [0.4, 0.5) is 0 Å². The fourth-order valence-electron chi connectivity index (χ4n) is 0.882. The molecule has 1 nitrogen and oxygen atoms in total. The molecule has 9 heavy (non-hydrogen) atoms. The van der Waals surface area contributed by atoms with Gasteiger partial charge in [0.15, 0.2) is 0 Å². The summed E-state index contributed by atoms with van der Waals surface area (Å²) in [4.78, 5) is 2.36. The molecule has 0 rings (SSSR count). The summed E-state index contributed by atoms with van der Waals surface area (Å²) in [6.07, 6.45) is 2.59. The molecule has 56 valence electrons. The van der Waals surface area contributed by atoms with Crippen LogP contribution in [-0.2, 0) is 0 Å². The molecule has 0 radical (unpaired) electrons. The van der Waals surface area contributed by atoms with Gasteiger partial charge in [-0.1, -0.05) is 13.8 Å². The van der Waals surface area contributed by atoms with E-state index in [0.29, 0.717) is 5.16 Å². The van der Waals surface area contributed by atoms with Gasteiger partial charge in [0.05, 0.1) is 0 Å². The summed E-state index contributed by atoms with van der Waals surface area (Å²) in [6.45, 7) is 4.55. The summed E-state index contributed by atoms with van der Waals surface area (Å²) in [5.41, 5.74) is 0. The van der Waals surface area contributed by atoms with E-state index in [1.165, 1.54) is 23.1 Å². The maximum Gasteiger partial charge on any atom is 0.0283 e. The molecule has 0 aliphatic heterocycles. The van der Waals surface area contributed by atoms with Crippen molar-refractivity contribution in [1.29, 1.82) is 0 Å². The third-order valence-corrected chi connectivity index (χ3v) is 4.91. The second kappa shape index (κ2) is 3.37. The van der Waals surface area contributed by atoms with Crippen LogP contribution in [0.3, 0.4) is 0 Å². The van der Waals surface area contributed by atoms with Gasteiger partial charge in [-0.2, -0.15) is 0 Å². The lowest BCUT2D eigenvalue weighted by Crippen LogP contribution is -2.43. The van der Waals surface area contributed by atoms with E-state index in [9.17, 15) is 0 Å². The van der Waals surface area contributed by atoms with E-state index in [1.807, 2.05) is 0 Å². The van der Waals surface area contributed by atoms with Gasteiger partial charge >= 0.3 is 0 Å². The van der Waals surface area contributed by atoms with Gasteiger partial charge in [-0.3, -0.25) is 0 Å². The van der Waals surface area contributed by atoms with Gasteiger partial charge in [0.1, 0.15) is 0 Å². The number of rotatable bonds is 3. The van der Waals surface area contributed by atoms with Crippen molar-refractivity contribution < 1.29 is 0 Å². The van der Waals surface area contributed by atoms with Gasteiger partial charge in [-0.15, -0.1) is 0 Å². The molecule has 0 saturated heterocycles. The van der Waals surface area contributed by atoms with Crippen LogP contribution in [0, 0.1) is 0 Å². The summed E-state index contributed by atoms with van der Waals surface area (Å²) < 4.78 is 0. The third-order valence-electron chi connectivity index (χ3n) is 2.60. The SMILES string of the molecule is CCC([SiH3])(CC)N(C)C. The van der Waals surface area contributed by atoms with Gasteiger partial charge in [-0.25, -0.2) is 0 Å². The summed E-state index contributed by atoms with van der Waals surface area (Å²) >= 11 is 0. The van der Waals surface area contributed by atoms with Crippen molar-refractivity contribution in [3.05, 3.63) is 0 Å². The Labute approximate surface area is 61.9 Å². The van der Waals surface area contributed by atoms with Crippen LogP contribution in [0.25, 0.3) is 0 Å². The Kier molecular flexibility index (Phi) is 3.44. The van der Waals surface area contributed by atoms with Crippen LogP contribution in [-0.4, -0.2) is 34.4 Å². The van der Waals surface area contributed by atoms with Crippen LogP contribution in [0.1, 0.15) is 26.7 Å². The first-order chi connectivity index (χ1) is 4.06. The zero-order valence-electron chi connectivity index (χ0n) is 7.36. The maximum atomic E-state index is 2.36. The smallest absolute Gasteiger partial charge is 0.0283 e. The molecular weight excluding hydrogens is 126 g/mol. The quantitative estimate of drug-likeness (QED) is 0.521. The molecule has 0 spiro atoms. The van der Waals surface area contributed by atoms with Crippen LogP contribution in [0.15, 0.2) is 0 Å². The summed E-state index contributed by atoms with van der Waals surface area (Å²) in [5.74, 6) is 0. The van der Waals surface area contributed by atoms with E-state index in [4.69, 9.17) is 0 Å². The van der Waals surface area contributed by atoms with Crippen LogP contribution < -0.4 is 0 Å². The second-order valence-corrected chi connectivity index (χ2v) is 4.96. The fourth-order valence-corrected chi connectivity index (χ4v) is 0.882. The molecule has 0 unspecified atom stereocenters. The van der Waals surface area contributed by atoms with Gasteiger partial charge in [0.25, 0.3) is 0 Å². The Morgan fingerprint density at radius 3 is 1.56 bits per heavy atom. The Morgan fingerprint density at radius 2 is 1.56 bits per heavy atom. The fraction of sp³-hybridized carbons (Fsp3) is 1.00. The molecule has 0 amide bonds. The zero-order chi connectivity index (χ0) is 7.49. The Morgan fingerprint density at radius 1 is 1.22 bits per heavy atom. The highest BCUT2D eigenvalue weighted by molar-refractivity contribution is 6.15. The van der Waals surface area contributed by atoms with E-state index in [2.05, 4.69) is 32.8 Å². The average molecular weight is 145 g/mol. The van der Waals surface area contributed by atoms with Crippen molar-refractivity contribution >= 4 is 10.2 Å². The molecule has 0 aliphatic rings. The third kappa shape index (κ3) is 2.10. The Balaban J connectivity index is 3.92. The van der Waals surface area contributed by atoms with Gasteiger partial charge in [-0.05, 0) is 26.9 Å². The second-order valence-electron chi connectivity index (χ2n) is 3.10. The normalized spacial score (nSPS) is 13.0. The predicted octanol–water partition coefficient (Wildman–Crippen LogP) is 0.430. The summed E-state index contributed by atoms with van der Waals surface area (Å²) in [7, 11) is 5.64. The van der Waals surface area contributed by atoms with Crippen molar-refractivity contribution in [2.45, 2.75) is 31.9 Å². The number of nitrogens with zero attached hydrogens (tertiary/aromatic N) is 1. The van der Waals surface area contributed by atoms with E-state index < -0.39 is 0 Å². The summed E-state index contributed by atoms with van der Waals surface area (Å²) in [6, 6.07) is 0. The van der Waals surface area contributed by atoms with Gasteiger partial charge < -0.3 is 4.90 Å². The standard InChI is InChI=1S/C7H19NSi/c1-5-7(9,6-2)8(3)4/h5-6H2,1-4,9H3. The minimum atomic E-state index is 0.556. The molecule has 0 heterocycles. The minimum absolute atomic E-state index is 0.556. The minimum Gasteiger partial charge on any atom is -0.307 e. The molecule has 0 fully saturated rings. The van der Waals surface area contributed by atoms with Crippen LogP contribution in [0.2, 0.25) is 0 Å². The molecule has 0 atom stereocenters. The molecule has 0 saturated carbocycles. The zero-order valence-corrected chi connectivity index (χ0v) is 9.36. The molecule has 0 aromatic rings. The van der Waals surface area contributed by atoms with E-state index in [0.717, 1.165) is 0 Å². The van der Waals surface area contributed by atoms with Crippen molar-refractivity contribution in [2.24, 2.45) is 0 Å². The first-order valence-electron chi connectivity index (χ1n) is 3.74. The number of hydrogen-bond acceptors (Lipinski definition) is 1. The highest BCUT2D eigenvalue weighted by Crippen LogP contribution is 2.15. The van der Waals surface area contributed by atoms with Crippen molar-refractivity contribution in [3.63, 3.8) is 0 Å². The van der Waals surface area contributed by atoms with E-state index >= 15 is 0 Å². The summed E-state index contributed by atoms with van der Waals surface area (Å²) in [5, 5.41) is 0.556. The highest BCUT2D eigenvalue weighted by atomic mass is 28.1. The Bertz CT molecular complexity index is 77.0. The van der Waals surface area contributed by atoms with E-state index in [-0.39, 0.29) is 0 Å². The number of hydrogen-bond donors (Lipinski definition) is 0. The molecule has 0 N–H and O–H groups in total. The lowest BCUT2D eigenvalue weighted by Gasteiger charge is -2.34. The first-order valence-corrected chi connectivity index (χ1v) is 4.74. The first kappa shape index (κ1) is 9.18. The molecule has 0 bridgehead atoms. The molecule has 0 aliphatic carbocycles. The highest BCUT2D eigenvalue weighted by Gasteiger charge is 2.20. The van der Waals surface area contributed by atoms with Gasteiger partial charge in [0.2, 0.25) is 0 Å². The van der Waals surface area contributed by atoms with Crippen LogP contribution in [0.5, 0.6) is 0 Å². The average Bonchev–Trinajstić information content (AvgIpc) is 1.86. The van der Waals surface area contributed by atoms with Crippen molar-refractivity contribution in [1.82, 2.24) is 4.90 Å². The largest absolute Gasteiger partial charge is 0.307 e. The molecule has 0 aromatic heterocycles. The topological polar surface area (TPSA) is 3.24 Å². The monoisotopic (exact) mass is 145 g/mol. The van der Waals surface area contributed by atoms with Crippen LogP contribution >= 0.6 is 0 Å².